The van der Waals surface area contributed by atoms with Crippen molar-refractivity contribution < 1.29 is 9.53 Å². The predicted molar refractivity (Wildman–Crippen MR) is 72.4 cm³/mol. The molecule has 0 spiro atoms. The fourth-order valence-corrected chi connectivity index (χ4v) is 3.37. The van der Waals surface area contributed by atoms with E-state index in [0.717, 1.165) is 32.1 Å². The number of hydrogen-bond acceptors (Lipinski definition) is 2. The number of methoxy groups -OCH3 is 1. The molecule has 0 unspecified atom stereocenters. The van der Waals surface area contributed by atoms with Gasteiger partial charge in [0.2, 0.25) is 5.91 Å². The van der Waals surface area contributed by atoms with E-state index in [1.807, 2.05) is 0 Å². The summed E-state index contributed by atoms with van der Waals surface area (Å²) >= 11 is 0. The highest BCUT2D eigenvalue weighted by Crippen LogP contribution is 2.28. The number of amides is 1. The fraction of sp³-hybridized carbons (Fsp3) is 0.933. The summed E-state index contributed by atoms with van der Waals surface area (Å²) in [5.74, 6) is 0.864. The third-order valence-corrected chi connectivity index (χ3v) is 4.57. The van der Waals surface area contributed by atoms with Crippen LogP contribution in [0.5, 0.6) is 0 Å². The van der Waals surface area contributed by atoms with E-state index in [4.69, 9.17) is 4.74 Å². The normalized spacial score (nSPS) is 30.1. The number of carbonyl (C=O) groups is 1. The van der Waals surface area contributed by atoms with Crippen LogP contribution in [0.25, 0.3) is 0 Å². The van der Waals surface area contributed by atoms with Crippen LogP contribution in [0.15, 0.2) is 0 Å². The maximum Gasteiger partial charge on any atom is 0.220 e. The summed E-state index contributed by atoms with van der Waals surface area (Å²) in [5.41, 5.74) is 0. The van der Waals surface area contributed by atoms with Crippen LogP contribution < -0.4 is 5.32 Å². The molecule has 2 aliphatic rings. The third kappa shape index (κ3) is 4.27. The lowest BCUT2D eigenvalue weighted by atomic mass is 9.85. The van der Waals surface area contributed by atoms with Crippen LogP contribution in [0.2, 0.25) is 0 Å². The lowest BCUT2D eigenvalue weighted by molar-refractivity contribution is -0.123. The molecule has 2 rings (SSSR count). The Morgan fingerprint density at radius 1 is 1.06 bits per heavy atom. The van der Waals surface area contributed by atoms with Crippen molar-refractivity contribution in [1.29, 1.82) is 0 Å². The van der Waals surface area contributed by atoms with E-state index in [2.05, 4.69) is 5.32 Å². The topological polar surface area (TPSA) is 38.3 Å². The summed E-state index contributed by atoms with van der Waals surface area (Å²) in [6.07, 6.45) is 12.0. The number of carbonyl (C=O) groups excluding carboxylic acids is 1. The van der Waals surface area contributed by atoms with E-state index in [1.54, 1.807) is 7.11 Å². The van der Waals surface area contributed by atoms with Crippen molar-refractivity contribution in [2.45, 2.75) is 76.4 Å². The number of hydrogen-bond donors (Lipinski definition) is 1. The molecule has 0 bridgehead atoms. The van der Waals surface area contributed by atoms with Gasteiger partial charge in [-0.3, -0.25) is 4.79 Å². The second-order valence-corrected chi connectivity index (χ2v) is 5.99. The molecular weight excluding hydrogens is 226 g/mol. The maximum absolute atomic E-state index is 12.0. The molecule has 0 aromatic heterocycles. The summed E-state index contributed by atoms with van der Waals surface area (Å²) < 4.78 is 5.37. The van der Waals surface area contributed by atoms with Gasteiger partial charge in [-0.15, -0.1) is 0 Å². The Labute approximate surface area is 111 Å². The minimum absolute atomic E-state index is 0.280. The van der Waals surface area contributed by atoms with Gasteiger partial charge >= 0.3 is 0 Å². The highest BCUT2D eigenvalue weighted by atomic mass is 16.5. The Bertz CT molecular complexity index is 253. The predicted octanol–water partition coefficient (Wildman–Crippen LogP) is 3.03. The van der Waals surface area contributed by atoms with Gasteiger partial charge in [0.25, 0.3) is 0 Å². The second kappa shape index (κ2) is 7.13. The van der Waals surface area contributed by atoms with Gasteiger partial charge in [-0.05, 0) is 44.4 Å². The molecule has 0 aliphatic heterocycles. The van der Waals surface area contributed by atoms with Crippen molar-refractivity contribution in [3.63, 3.8) is 0 Å². The van der Waals surface area contributed by atoms with E-state index >= 15 is 0 Å². The summed E-state index contributed by atoms with van der Waals surface area (Å²) in [7, 11) is 1.79. The highest BCUT2D eigenvalue weighted by molar-refractivity contribution is 5.76. The van der Waals surface area contributed by atoms with E-state index in [0.29, 0.717) is 18.1 Å². The molecule has 3 nitrogen and oxygen atoms in total. The van der Waals surface area contributed by atoms with Crippen molar-refractivity contribution >= 4 is 5.91 Å². The number of rotatable bonds is 4. The molecule has 3 heteroatoms. The molecule has 0 aromatic carbocycles. The summed E-state index contributed by atoms with van der Waals surface area (Å²) in [6, 6.07) is 0.460. The van der Waals surface area contributed by atoms with Gasteiger partial charge < -0.3 is 10.1 Å². The molecule has 0 aromatic rings. The molecule has 18 heavy (non-hydrogen) atoms. The van der Waals surface area contributed by atoms with E-state index < -0.39 is 0 Å². The molecule has 1 N–H and O–H groups in total. The first-order chi connectivity index (χ1) is 8.78. The minimum atomic E-state index is 0.280. The summed E-state index contributed by atoms with van der Waals surface area (Å²) in [5, 5.41) is 3.22. The molecule has 0 atom stereocenters. The maximum atomic E-state index is 12.0. The Hall–Kier alpha value is -0.570. The zero-order valence-electron chi connectivity index (χ0n) is 11.6. The highest BCUT2D eigenvalue weighted by Gasteiger charge is 2.24. The van der Waals surface area contributed by atoms with Gasteiger partial charge in [0, 0.05) is 19.6 Å². The molecular formula is C15H27NO2. The average Bonchev–Trinajstić information content (AvgIpc) is 2.40. The molecule has 2 fully saturated rings. The van der Waals surface area contributed by atoms with Gasteiger partial charge in [-0.2, -0.15) is 0 Å². The number of ether oxygens (including phenoxy) is 1. The van der Waals surface area contributed by atoms with Crippen molar-refractivity contribution in [1.82, 2.24) is 5.32 Å². The van der Waals surface area contributed by atoms with Gasteiger partial charge in [-0.1, -0.05) is 19.3 Å². The second-order valence-electron chi connectivity index (χ2n) is 5.99. The fourth-order valence-electron chi connectivity index (χ4n) is 3.37. The Balaban J connectivity index is 1.65. The van der Waals surface area contributed by atoms with Crippen LogP contribution in [0, 0.1) is 5.92 Å². The van der Waals surface area contributed by atoms with Crippen molar-refractivity contribution in [2.24, 2.45) is 5.92 Å². The van der Waals surface area contributed by atoms with E-state index in [9.17, 15) is 4.79 Å². The van der Waals surface area contributed by atoms with Crippen LogP contribution in [-0.2, 0) is 9.53 Å². The zero-order chi connectivity index (χ0) is 12.8. The van der Waals surface area contributed by atoms with Crippen LogP contribution >= 0.6 is 0 Å². The van der Waals surface area contributed by atoms with Gasteiger partial charge in [-0.25, -0.2) is 0 Å². The van der Waals surface area contributed by atoms with Gasteiger partial charge in [0.05, 0.1) is 6.10 Å². The first-order valence-electron chi connectivity index (χ1n) is 7.60. The van der Waals surface area contributed by atoms with Crippen molar-refractivity contribution in [3.05, 3.63) is 0 Å². The first-order valence-corrected chi connectivity index (χ1v) is 7.60. The Morgan fingerprint density at radius 2 is 1.72 bits per heavy atom. The largest absolute Gasteiger partial charge is 0.381 e. The SMILES string of the molecule is CO[C@H]1CC[C@H](CC(=O)NC2CCCCC2)CC1. The molecule has 0 radical (unpaired) electrons. The smallest absolute Gasteiger partial charge is 0.220 e. The van der Waals surface area contributed by atoms with Crippen LogP contribution in [0.4, 0.5) is 0 Å². The summed E-state index contributed by atoms with van der Waals surface area (Å²) in [6.45, 7) is 0. The van der Waals surface area contributed by atoms with Crippen LogP contribution in [-0.4, -0.2) is 25.2 Å². The average molecular weight is 253 g/mol. The van der Waals surface area contributed by atoms with Crippen LogP contribution in [0.1, 0.15) is 64.2 Å². The first kappa shape index (κ1) is 13.9. The zero-order valence-corrected chi connectivity index (χ0v) is 11.6. The third-order valence-electron chi connectivity index (χ3n) is 4.57. The summed E-state index contributed by atoms with van der Waals surface area (Å²) in [4.78, 5) is 12.0. The molecule has 104 valence electrons. The minimum Gasteiger partial charge on any atom is -0.381 e. The van der Waals surface area contributed by atoms with Crippen molar-refractivity contribution in [2.75, 3.05) is 7.11 Å². The molecule has 0 heterocycles. The Kier molecular flexibility index (Phi) is 5.48. The standard InChI is InChI=1S/C15H27NO2/c1-18-14-9-7-12(8-10-14)11-15(17)16-13-5-3-2-4-6-13/h12-14H,2-11H2,1H3,(H,16,17)/t12-,14-. The lowest BCUT2D eigenvalue weighted by Crippen LogP contribution is -2.37. The quantitative estimate of drug-likeness (QED) is 0.836. The van der Waals surface area contributed by atoms with Crippen molar-refractivity contribution in [3.8, 4) is 0 Å². The van der Waals surface area contributed by atoms with Crippen LogP contribution in [0.3, 0.4) is 0 Å². The molecule has 1 amide bonds. The van der Waals surface area contributed by atoms with Gasteiger partial charge in [0.15, 0.2) is 0 Å². The Morgan fingerprint density at radius 3 is 2.33 bits per heavy atom. The molecule has 2 saturated carbocycles. The van der Waals surface area contributed by atoms with E-state index in [1.165, 1.54) is 32.1 Å². The molecule has 0 saturated heterocycles. The van der Waals surface area contributed by atoms with E-state index in [-0.39, 0.29) is 5.91 Å². The monoisotopic (exact) mass is 253 g/mol. The molecule has 2 aliphatic carbocycles. The number of nitrogens with one attached hydrogen (secondary N) is 1. The van der Waals surface area contributed by atoms with Gasteiger partial charge in [0.1, 0.15) is 0 Å². The lowest BCUT2D eigenvalue weighted by Gasteiger charge is -2.28.